The molecule has 0 amide bonds. The molecular weight excluding hydrogens is 306 g/mol. The molecule has 0 spiro atoms. The Morgan fingerprint density at radius 1 is 1.69 bits per heavy atom. The van der Waals surface area contributed by atoms with Crippen molar-refractivity contribution >= 4 is 44.7 Å². The molecule has 0 fully saturated rings. The zero-order valence-corrected chi connectivity index (χ0v) is 9.95. The lowest BCUT2D eigenvalue weighted by atomic mass is 10.5. The second kappa shape index (κ2) is 5.13. The van der Waals surface area contributed by atoms with Gasteiger partial charge in [0.15, 0.2) is 0 Å². The summed E-state index contributed by atoms with van der Waals surface area (Å²) in [6.07, 6.45) is 1.40. The second-order valence-corrected chi connectivity index (χ2v) is 2.77. The van der Waals surface area contributed by atoms with Crippen LogP contribution in [0.5, 0.6) is 0 Å². The third-order valence-electron chi connectivity index (χ3n) is 1.14. The van der Waals surface area contributed by atoms with Crippen molar-refractivity contribution in [1.29, 1.82) is 0 Å². The Morgan fingerprint density at radius 2 is 2.31 bits per heavy atom. The molecule has 0 radical (unpaired) electrons. The van der Waals surface area contributed by atoms with E-state index in [1.54, 1.807) is 0 Å². The van der Waals surface area contributed by atoms with E-state index in [1.165, 1.54) is 13.3 Å². The highest BCUT2D eigenvalue weighted by molar-refractivity contribution is 9.10. The van der Waals surface area contributed by atoms with E-state index in [1.807, 2.05) is 0 Å². The fraction of sp³-hybridized carbons (Fsp3) is 0.167. The maximum atomic E-state index is 10.9. The molecule has 1 rings (SSSR count). The van der Waals surface area contributed by atoms with Crippen LogP contribution in [0.1, 0.15) is 10.6 Å². The molecular formula is C6H7Br2N3O2. The Hall–Kier alpha value is -0.690. The van der Waals surface area contributed by atoms with Crippen LogP contribution < -0.4 is 5.73 Å². The SMILES string of the molecule is Br.COC(=O)c1ncc(Br)c(N)n1. The summed E-state index contributed by atoms with van der Waals surface area (Å²) in [6.45, 7) is 0. The van der Waals surface area contributed by atoms with Gasteiger partial charge in [-0.25, -0.2) is 14.8 Å². The minimum absolute atomic E-state index is 0. The maximum Gasteiger partial charge on any atom is 0.376 e. The van der Waals surface area contributed by atoms with Crippen molar-refractivity contribution < 1.29 is 9.53 Å². The molecule has 0 atom stereocenters. The molecule has 0 aromatic carbocycles. The highest BCUT2D eigenvalue weighted by Gasteiger charge is 2.10. The average molecular weight is 313 g/mol. The van der Waals surface area contributed by atoms with E-state index in [-0.39, 0.29) is 28.6 Å². The van der Waals surface area contributed by atoms with E-state index >= 15 is 0 Å². The van der Waals surface area contributed by atoms with Gasteiger partial charge in [-0.05, 0) is 15.9 Å². The minimum Gasteiger partial charge on any atom is -0.463 e. The molecule has 0 aliphatic carbocycles. The Morgan fingerprint density at radius 3 is 2.77 bits per heavy atom. The van der Waals surface area contributed by atoms with Crippen LogP contribution in [-0.4, -0.2) is 23.0 Å². The standard InChI is InChI=1S/C6H6BrN3O2.BrH/c1-12-6(11)5-9-2-3(7)4(8)10-5;/h2H,1H3,(H2,8,9,10);1H. The first-order chi connectivity index (χ1) is 5.65. The van der Waals surface area contributed by atoms with Crippen molar-refractivity contribution in [2.45, 2.75) is 0 Å². The van der Waals surface area contributed by atoms with Crippen molar-refractivity contribution in [2.24, 2.45) is 0 Å². The van der Waals surface area contributed by atoms with Gasteiger partial charge in [0.1, 0.15) is 5.82 Å². The van der Waals surface area contributed by atoms with Gasteiger partial charge in [-0.2, -0.15) is 0 Å². The van der Waals surface area contributed by atoms with E-state index in [4.69, 9.17) is 5.73 Å². The predicted octanol–water partition coefficient (Wildman–Crippen LogP) is 1.19. The van der Waals surface area contributed by atoms with E-state index in [0.717, 1.165) is 0 Å². The van der Waals surface area contributed by atoms with Gasteiger partial charge in [0.2, 0.25) is 5.82 Å². The number of ether oxygens (including phenoxy) is 1. The number of nitrogen functional groups attached to an aromatic ring is 1. The molecule has 0 bridgehead atoms. The number of hydrogen-bond donors (Lipinski definition) is 1. The molecule has 5 nitrogen and oxygen atoms in total. The maximum absolute atomic E-state index is 10.9. The number of anilines is 1. The van der Waals surface area contributed by atoms with Gasteiger partial charge in [-0.15, -0.1) is 17.0 Å². The Kier molecular flexibility index (Phi) is 4.86. The van der Waals surface area contributed by atoms with Crippen molar-refractivity contribution in [3.05, 3.63) is 16.5 Å². The van der Waals surface area contributed by atoms with Crippen LogP contribution in [0.25, 0.3) is 0 Å². The molecule has 0 aliphatic rings. The van der Waals surface area contributed by atoms with Gasteiger partial charge >= 0.3 is 5.97 Å². The van der Waals surface area contributed by atoms with Crippen molar-refractivity contribution in [2.75, 3.05) is 12.8 Å². The normalized spacial score (nSPS) is 8.77. The van der Waals surface area contributed by atoms with Crippen molar-refractivity contribution in [1.82, 2.24) is 9.97 Å². The molecule has 1 aromatic heterocycles. The minimum atomic E-state index is -0.603. The smallest absolute Gasteiger partial charge is 0.376 e. The van der Waals surface area contributed by atoms with E-state index in [2.05, 4.69) is 30.6 Å². The molecule has 7 heteroatoms. The number of rotatable bonds is 1. The first-order valence-corrected chi connectivity index (χ1v) is 3.80. The van der Waals surface area contributed by atoms with Crippen molar-refractivity contribution in [3.63, 3.8) is 0 Å². The zero-order chi connectivity index (χ0) is 9.14. The zero-order valence-electron chi connectivity index (χ0n) is 6.65. The van der Waals surface area contributed by atoms with Crippen LogP contribution in [-0.2, 0) is 4.74 Å². The molecule has 0 unspecified atom stereocenters. The highest BCUT2D eigenvalue weighted by Crippen LogP contribution is 2.14. The summed E-state index contributed by atoms with van der Waals surface area (Å²) < 4.78 is 4.95. The lowest BCUT2D eigenvalue weighted by Crippen LogP contribution is -2.08. The van der Waals surface area contributed by atoms with Gasteiger partial charge in [0.25, 0.3) is 0 Å². The monoisotopic (exact) mass is 311 g/mol. The summed E-state index contributed by atoms with van der Waals surface area (Å²) in [7, 11) is 1.25. The predicted molar refractivity (Wildman–Crippen MR) is 55.8 cm³/mol. The van der Waals surface area contributed by atoms with E-state index < -0.39 is 5.97 Å². The first kappa shape index (κ1) is 12.3. The second-order valence-electron chi connectivity index (χ2n) is 1.92. The summed E-state index contributed by atoms with van der Waals surface area (Å²) in [4.78, 5) is 18.2. The molecule has 2 N–H and O–H groups in total. The number of carbonyl (C=O) groups is 1. The third-order valence-corrected chi connectivity index (χ3v) is 1.75. The first-order valence-electron chi connectivity index (χ1n) is 3.01. The van der Waals surface area contributed by atoms with E-state index in [0.29, 0.717) is 4.47 Å². The summed E-state index contributed by atoms with van der Waals surface area (Å²) in [6, 6.07) is 0. The van der Waals surface area contributed by atoms with Crippen LogP contribution in [0.3, 0.4) is 0 Å². The molecule has 0 aliphatic heterocycles. The molecule has 13 heavy (non-hydrogen) atoms. The number of nitrogens with two attached hydrogens (primary N) is 1. The van der Waals surface area contributed by atoms with Crippen LogP contribution in [0, 0.1) is 0 Å². The lowest BCUT2D eigenvalue weighted by Gasteiger charge is -1.99. The summed E-state index contributed by atoms with van der Waals surface area (Å²) >= 11 is 3.10. The number of esters is 1. The van der Waals surface area contributed by atoms with Gasteiger partial charge < -0.3 is 10.5 Å². The fourth-order valence-electron chi connectivity index (χ4n) is 0.570. The van der Waals surface area contributed by atoms with Crippen LogP contribution in [0.15, 0.2) is 10.7 Å². The molecule has 72 valence electrons. The number of carbonyl (C=O) groups excluding carboxylic acids is 1. The molecule has 0 saturated carbocycles. The van der Waals surface area contributed by atoms with Gasteiger partial charge in [0.05, 0.1) is 11.6 Å². The number of aromatic nitrogens is 2. The largest absolute Gasteiger partial charge is 0.463 e. The highest BCUT2D eigenvalue weighted by atomic mass is 79.9. The van der Waals surface area contributed by atoms with Gasteiger partial charge in [-0.3, -0.25) is 0 Å². The quantitative estimate of drug-likeness (QED) is 0.788. The summed E-state index contributed by atoms with van der Waals surface area (Å²) in [5.41, 5.74) is 5.41. The van der Waals surface area contributed by atoms with Crippen LogP contribution in [0.2, 0.25) is 0 Å². The van der Waals surface area contributed by atoms with Crippen molar-refractivity contribution in [3.8, 4) is 0 Å². The van der Waals surface area contributed by atoms with Gasteiger partial charge in [0, 0.05) is 6.20 Å². The number of methoxy groups -OCH3 is 1. The van der Waals surface area contributed by atoms with Gasteiger partial charge in [-0.1, -0.05) is 0 Å². The third kappa shape index (κ3) is 2.92. The average Bonchev–Trinajstić information content (AvgIpc) is 2.08. The topological polar surface area (TPSA) is 78.1 Å². The lowest BCUT2D eigenvalue weighted by molar-refractivity contribution is 0.0587. The van der Waals surface area contributed by atoms with Crippen LogP contribution in [0.4, 0.5) is 5.82 Å². The Labute approximate surface area is 93.6 Å². The molecule has 1 aromatic rings. The Balaban J connectivity index is 0.00000144. The molecule has 1 heterocycles. The Bertz CT molecular complexity index is 319. The summed E-state index contributed by atoms with van der Waals surface area (Å²) in [5.74, 6) is -0.433. The fourth-order valence-corrected chi connectivity index (χ4v) is 0.761. The number of hydrogen-bond acceptors (Lipinski definition) is 5. The number of halogens is 2. The van der Waals surface area contributed by atoms with Crippen LogP contribution >= 0.6 is 32.9 Å². The number of nitrogens with zero attached hydrogens (tertiary/aromatic N) is 2. The molecule has 0 saturated heterocycles. The summed E-state index contributed by atoms with van der Waals surface area (Å²) in [5, 5.41) is 0. The van der Waals surface area contributed by atoms with E-state index in [9.17, 15) is 4.79 Å².